The number of nitrogens with zero attached hydrogens (tertiary/aromatic N) is 1. The predicted molar refractivity (Wildman–Crippen MR) is 76.0 cm³/mol. The van der Waals surface area contributed by atoms with Crippen LogP contribution in [-0.2, 0) is 29.1 Å². The van der Waals surface area contributed by atoms with Gasteiger partial charge in [-0.25, -0.2) is 8.42 Å². The van der Waals surface area contributed by atoms with Crippen LogP contribution < -0.4 is 0 Å². The van der Waals surface area contributed by atoms with Crippen molar-refractivity contribution in [3.05, 3.63) is 0 Å². The summed E-state index contributed by atoms with van der Waals surface area (Å²) in [5.74, 6) is -0.939. The number of piperidine rings is 1. The summed E-state index contributed by atoms with van der Waals surface area (Å²) < 4.78 is 35.2. The molecule has 0 radical (unpaired) electrons. The standard InChI is InChI=1S/C13H23NO6S/c1-19-12(15)7-5-9-21(17,18)14-8-4-3-6-11(14)10-13(16)20-2/h11H,3-10H2,1-2H3. The minimum Gasteiger partial charge on any atom is -0.469 e. The number of carbonyl (C=O) groups is 2. The Kier molecular flexibility index (Phi) is 7.10. The number of rotatable bonds is 7. The molecular weight excluding hydrogens is 298 g/mol. The zero-order valence-corrected chi connectivity index (χ0v) is 13.4. The number of methoxy groups -OCH3 is 2. The van der Waals surface area contributed by atoms with E-state index in [0.29, 0.717) is 13.0 Å². The molecule has 122 valence electrons. The van der Waals surface area contributed by atoms with Crippen LogP contribution in [0.1, 0.15) is 38.5 Å². The maximum atomic E-state index is 12.4. The first-order valence-corrected chi connectivity index (χ1v) is 8.64. The molecule has 0 saturated carbocycles. The molecule has 0 aromatic carbocycles. The van der Waals surface area contributed by atoms with E-state index in [2.05, 4.69) is 9.47 Å². The van der Waals surface area contributed by atoms with Crippen molar-refractivity contribution in [2.45, 2.75) is 44.6 Å². The lowest BCUT2D eigenvalue weighted by Crippen LogP contribution is -2.45. The van der Waals surface area contributed by atoms with Gasteiger partial charge < -0.3 is 9.47 Å². The van der Waals surface area contributed by atoms with E-state index in [1.54, 1.807) is 0 Å². The smallest absolute Gasteiger partial charge is 0.307 e. The normalized spacial score (nSPS) is 20.0. The molecular formula is C13H23NO6S. The van der Waals surface area contributed by atoms with Gasteiger partial charge in [0.1, 0.15) is 0 Å². The van der Waals surface area contributed by atoms with E-state index in [-0.39, 0.29) is 31.1 Å². The van der Waals surface area contributed by atoms with Crippen LogP contribution in [0.2, 0.25) is 0 Å². The van der Waals surface area contributed by atoms with Gasteiger partial charge in [0.05, 0.1) is 26.4 Å². The highest BCUT2D eigenvalue weighted by molar-refractivity contribution is 7.89. The van der Waals surface area contributed by atoms with E-state index in [4.69, 9.17) is 0 Å². The molecule has 1 heterocycles. The number of esters is 2. The first-order valence-electron chi connectivity index (χ1n) is 7.04. The Bertz CT molecular complexity index is 461. The molecule has 1 aliphatic rings. The fourth-order valence-corrected chi connectivity index (χ4v) is 4.22. The molecule has 0 spiro atoms. The van der Waals surface area contributed by atoms with Crippen molar-refractivity contribution in [1.29, 1.82) is 0 Å². The van der Waals surface area contributed by atoms with E-state index in [1.165, 1.54) is 18.5 Å². The highest BCUT2D eigenvalue weighted by Crippen LogP contribution is 2.24. The Morgan fingerprint density at radius 1 is 1.14 bits per heavy atom. The first-order chi connectivity index (χ1) is 9.90. The first kappa shape index (κ1) is 17.9. The van der Waals surface area contributed by atoms with E-state index < -0.39 is 22.0 Å². The minimum atomic E-state index is -3.47. The summed E-state index contributed by atoms with van der Waals surface area (Å²) in [6, 6.07) is -0.339. The maximum Gasteiger partial charge on any atom is 0.307 e. The van der Waals surface area contributed by atoms with Crippen molar-refractivity contribution in [1.82, 2.24) is 4.31 Å². The fraction of sp³-hybridized carbons (Fsp3) is 0.846. The summed E-state index contributed by atoms with van der Waals surface area (Å²) in [7, 11) is -0.909. The third kappa shape index (κ3) is 5.62. The highest BCUT2D eigenvalue weighted by atomic mass is 32.2. The second-order valence-corrected chi connectivity index (χ2v) is 7.08. The van der Waals surface area contributed by atoms with Crippen LogP contribution in [0.4, 0.5) is 0 Å². The molecule has 1 rings (SSSR count). The van der Waals surface area contributed by atoms with Gasteiger partial charge in [0, 0.05) is 19.0 Å². The van der Waals surface area contributed by atoms with Gasteiger partial charge in [-0.1, -0.05) is 6.42 Å². The fourth-order valence-electron chi connectivity index (χ4n) is 2.44. The quantitative estimate of drug-likeness (QED) is 0.641. The van der Waals surface area contributed by atoms with E-state index >= 15 is 0 Å². The Balaban J connectivity index is 2.64. The predicted octanol–water partition coefficient (Wildman–Crippen LogP) is 0.687. The zero-order valence-electron chi connectivity index (χ0n) is 12.5. The summed E-state index contributed by atoms with van der Waals surface area (Å²) in [6.07, 6.45) is 2.71. The van der Waals surface area contributed by atoms with Gasteiger partial charge in [0.2, 0.25) is 10.0 Å². The van der Waals surface area contributed by atoms with E-state index in [9.17, 15) is 18.0 Å². The maximum absolute atomic E-state index is 12.4. The number of hydrogen-bond acceptors (Lipinski definition) is 6. The van der Waals surface area contributed by atoms with E-state index in [1.807, 2.05) is 0 Å². The number of sulfonamides is 1. The lowest BCUT2D eigenvalue weighted by atomic mass is 10.0. The van der Waals surface area contributed by atoms with Crippen molar-refractivity contribution in [2.24, 2.45) is 0 Å². The third-order valence-electron chi connectivity index (χ3n) is 3.57. The molecule has 21 heavy (non-hydrogen) atoms. The van der Waals surface area contributed by atoms with Crippen LogP contribution in [0, 0.1) is 0 Å². The average molecular weight is 321 g/mol. The number of ether oxygens (including phenoxy) is 2. The molecule has 1 aliphatic heterocycles. The van der Waals surface area contributed by atoms with E-state index in [0.717, 1.165) is 12.8 Å². The lowest BCUT2D eigenvalue weighted by Gasteiger charge is -2.34. The molecule has 0 aromatic heterocycles. The molecule has 8 heteroatoms. The van der Waals surface area contributed by atoms with Crippen LogP contribution in [0.5, 0.6) is 0 Å². The van der Waals surface area contributed by atoms with Gasteiger partial charge in [-0.05, 0) is 19.3 Å². The van der Waals surface area contributed by atoms with Crippen molar-refractivity contribution in [2.75, 3.05) is 26.5 Å². The van der Waals surface area contributed by atoms with Crippen LogP contribution >= 0.6 is 0 Å². The van der Waals surface area contributed by atoms with Gasteiger partial charge in [-0.2, -0.15) is 4.31 Å². The molecule has 0 N–H and O–H groups in total. The van der Waals surface area contributed by atoms with Gasteiger partial charge in [-0.3, -0.25) is 9.59 Å². The summed E-state index contributed by atoms with van der Waals surface area (Å²) in [4.78, 5) is 22.4. The van der Waals surface area contributed by atoms with Crippen molar-refractivity contribution >= 4 is 22.0 Å². The Hall–Kier alpha value is -1.15. The van der Waals surface area contributed by atoms with Crippen molar-refractivity contribution in [3.8, 4) is 0 Å². The third-order valence-corrected chi connectivity index (χ3v) is 5.57. The van der Waals surface area contributed by atoms with Crippen molar-refractivity contribution in [3.63, 3.8) is 0 Å². The molecule has 1 fully saturated rings. The monoisotopic (exact) mass is 321 g/mol. The summed E-state index contributed by atoms with van der Waals surface area (Å²) in [5.41, 5.74) is 0. The SMILES string of the molecule is COC(=O)CCCS(=O)(=O)N1CCCCC1CC(=O)OC. The van der Waals surface area contributed by atoms with Gasteiger partial charge in [0.25, 0.3) is 0 Å². The Morgan fingerprint density at radius 3 is 2.43 bits per heavy atom. The molecule has 7 nitrogen and oxygen atoms in total. The van der Waals surface area contributed by atoms with Crippen molar-refractivity contribution < 1.29 is 27.5 Å². The van der Waals surface area contributed by atoms with Gasteiger partial charge in [0.15, 0.2) is 0 Å². The minimum absolute atomic E-state index is 0.0746. The molecule has 1 saturated heterocycles. The molecule has 0 bridgehead atoms. The number of carbonyl (C=O) groups excluding carboxylic acids is 2. The summed E-state index contributed by atoms with van der Waals surface area (Å²) in [6.45, 7) is 0.419. The second kappa shape index (κ2) is 8.33. The zero-order chi connectivity index (χ0) is 15.9. The topological polar surface area (TPSA) is 90.0 Å². The summed E-state index contributed by atoms with van der Waals surface area (Å²) in [5, 5.41) is 0. The molecule has 1 unspecified atom stereocenters. The molecule has 0 aromatic rings. The summed E-state index contributed by atoms with van der Waals surface area (Å²) >= 11 is 0. The van der Waals surface area contributed by atoms with Gasteiger partial charge >= 0.3 is 11.9 Å². The highest BCUT2D eigenvalue weighted by Gasteiger charge is 2.33. The van der Waals surface area contributed by atoms with Gasteiger partial charge in [-0.15, -0.1) is 0 Å². The Labute approximate surface area is 125 Å². The Morgan fingerprint density at radius 2 is 1.81 bits per heavy atom. The lowest BCUT2D eigenvalue weighted by molar-refractivity contribution is -0.142. The van der Waals surface area contributed by atoms with Crippen LogP contribution in [-0.4, -0.2) is 57.2 Å². The molecule has 0 aliphatic carbocycles. The van der Waals surface area contributed by atoms with Crippen LogP contribution in [0.3, 0.4) is 0 Å². The molecule has 0 amide bonds. The number of hydrogen-bond donors (Lipinski definition) is 0. The largest absolute Gasteiger partial charge is 0.469 e. The van der Waals surface area contributed by atoms with Crippen LogP contribution in [0.15, 0.2) is 0 Å². The molecule has 1 atom stereocenters. The second-order valence-electron chi connectivity index (χ2n) is 5.04. The average Bonchev–Trinajstić information content (AvgIpc) is 2.47. The van der Waals surface area contributed by atoms with Crippen LogP contribution in [0.25, 0.3) is 0 Å².